The summed E-state index contributed by atoms with van der Waals surface area (Å²) in [5.74, 6) is 0. The summed E-state index contributed by atoms with van der Waals surface area (Å²) in [6.45, 7) is 2.50. The largest absolute Gasteiger partial charge is 0.315 e. The molecule has 8 heteroatoms. The lowest BCUT2D eigenvalue weighted by Crippen LogP contribution is -2.31. The molecule has 0 atom stereocenters. The minimum Gasteiger partial charge on any atom is -0.315 e. The normalized spacial score (nSPS) is 12.2. The van der Waals surface area contributed by atoms with Gasteiger partial charge in [0.05, 0.1) is 0 Å². The molecule has 1 aromatic heterocycles. The monoisotopic (exact) mass is 265 g/mol. The summed E-state index contributed by atoms with van der Waals surface area (Å²) in [4.78, 5) is 15.0. The van der Waals surface area contributed by atoms with Crippen molar-refractivity contribution in [2.75, 3.05) is 27.2 Å². The Morgan fingerprint density at radius 1 is 1.44 bits per heavy atom. The SMILES string of the molecule is Cc1[nH]c(=O)sc1S(=O)(=O)NCCN(C)C. The summed E-state index contributed by atoms with van der Waals surface area (Å²) in [5, 5.41) is 0. The predicted octanol–water partition coefficient (Wildman–Crippen LogP) is -0.415. The van der Waals surface area contributed by atoms with Crippen molar-refractivity contribution in [2.24, 2.45) is 0 Å². The molecule has 6 nitrogen and oxygen atoms in total. The third-order valence-corrected chi connectivity index (χ3v) is 4.94. The molecule has 0 aliphatic rings. The molecule has 0 spiro atoms. The van der Waals surface area contributed by atoms with Crippen LogP contribution in [0.3, 0.4) is 0 Å². The van der Waals surface area contributed by atoms with Crippen molar-refractivity contribution in [3.8, 4) is 0 Å². The maximum atomic E-state index is 11.8. The molecule has 0 aromatic carbocycles. The van der Waals surface area contributed by atoms with Crippen molar-refractivity contribution in [3.63, 3.8) is 0 Å². The molecule has 0 unspecified atom stereocenters. The van der Waals surface area contributed by atoms with Crippen molar-refractivity contribution >= 4 is 21.4 Å². The van der Waals surface area contributed by atoms with Gasteiger partial charge in [-0.05, 0) is 21.0 Å². The van der Waals surface area contributed by atoms with E-state index in [-0.39, 0.29) is 9.08 Å². The van der Waals surface area contributed by atoms with E-state index in [2.05, 4.69) is 9.71 Å². The van der Waals surface area contributed by atoms with Gasteiger partial charge < -0.3 is 9.88 Å². The van der Waals surface area contributed by atoms with Crippen molar-refractivity contribution in [2.45, 2.75) is 11.1 Å². The Morgan fingerprint density at radius 3 is 2.50 bits per heavy atom. The highest BCUT2D eigenvalue weighted by molar-refractivity contribution is 7.91. The minimum atomic E-state index is -3.56. The van der Waals surface area contributed by atoms with Crippen molar-refractivity contribution in [1.29, 1.82) is 0 Å². The van der Waals surface area contributed by atoms with Crippen LogP contribution in [0.2, 0.25) is 0 Å². The van der Waals surface area contributed by atoms with Gasteiger partial charge in [0.25, 0.3) is 10.0 Å². The van der Waals surface area contributed by atoms with E-state index in [1.165, 1.54) is 0 Å². The first kappa shape index (κ1) is 13.4. The molecule has 16 heavy (non-hydrogen) atoms. The van der Waals surface area contributed by atoms with Gasteiger partial charge in [-0.25, -0.2) is 13.1 Å². The Morgan fingerprint density at radius 2 is 2.06 bits per heavy atom. The molecule has 92 valence electrons. The summed E-state index contributed by atoms with van der Waals surface area (Å²) in [6.07, 6.45) is 0. The molecule has 0 saturated heterocycles. The van der Waals surface area contributed by atoms with Gasteiger partial charge in [-0.15, -0.1) is 0 Å². The first-order valence-electron chi connectivity index (χ1n) is 4.67. The lowest BCUT2D eigenvalue weighted by molar-refractivity contribution is 0.412. The second kappa shape index (κ2) is 5.09. The third-order valence-electron chi connectivity index (χ3n) is 1.88. The molecule has 0 saturated carbocycles. The number of nitrogens with zero attached hydrogens (tertiary/aromatic N) is 1. The second-order valence-electron chi connectivity index (χ2n) is 3.63. The van der Waals surface area contributed by atoms with Crippen LogP contribution in [-0.2, 0) is 10.0 Å². The Balaban J connectivity index is 2.79. The average molecular weight is 265 g/mol. The standard InChI is InChI=1S/C8H15N3O3S2/c1-6-7(15-8(12)10-6)16(13,14)9-4-5-11(2)3/h9H,4-5H2,1-3H3,(H,10,12). The Kier molecular flexibility index (Phi) is 4.25. The topological polar surface area (TPSA) is 82.3 Å². The highest BCUT2D eigenvalue weighted by atomic mass is 32.2. The molecule has 0 radical (unpaired) electrons. The zero-order valence-corrected chi connectivity index (χ0v) is 11.0. The number of rotatable bonds is 5. The lowest BCUT2D eigenvalue weighted by Gasteiger charge is -2.10. The Bertz CT molecular complexity index is 501. The summed E-state index contributed by atoms with van der Waals surface area (Å²) in [7, 11) is 0.156. The van der Waals surface area contributed by atoms with E-state index in [9.17, 15) is 13.2 Å². The number of hydrogen-bond acceptors (Lipinski definition) is 5. The number of aryl methyl sites for hydroxylation is 1. The van der Waals surface area contributed by atoms with Gasteiger partial charge in [0.2, 0.25) is 0 Å². The number of hydrogen-bond donors (Lipinski definition) is 2. The molecule has 1 heterocycles. The van der Waals surface area contributed by atoms with E-state index < -0.39 is 10.0 Å². The van der Waals surface area contributed by atoms with Crippen LogP contribution >= 0.6 is 11.3 Å². The van der Waals surface area contributed by atoms with E-state index in [1.807, 2.05) is 19.0 Å². The number of likely N-dealkylation sites (N-methyl/N-ethyl adjacent to an activating group) is 1. The van der Waals surface area contributed by atoms with E-state index in [0.29, 0.717) is 30.1 Å². The average Bonchev–Trinajstić information content (AvgIpc) is 2.44. The first-order valence-corrected chi connectivity index (χ1v) is 6.97. The molecule has 0 amide bonds. The Labute approximate surface area is 98.3 Å². The highest BCUT2D eigenvalue weighted by Gasteiger charge is 2.19. The molecule has 0 bridgehead atoms. The van der Waals surface area contributed by atoms with Crippen LogP contribution in [0.15, 0.2) is 9.00 Å². The maximum absolute atomic E-state index is 11.8. The number of sulfonamides is 1. The van der Waals surface area contributed by atoms with Gasteiger partial charge >= 0.3 is 4.87 Å². The van der Waals surface area contributed by atoms with Crippen LogP contribution in [0.4, 0.5) is 0 Å². The molecule has 2 N–H and O–H groups in total. The van der Waals surface area contributed by atoms with Crippen LogP contribution < -0.4 is 9.60 Å². The zero-order valence-electron chi connectivity index (χ0n) is 9.40. The van der Waals surface area contributed by atoms with E-state index in [1.54, 1.807) is 6.92 Å². The van der Waals surface area contributed by atoms with Crippen LogP contribution in [-0.4, -0.2) is 45.5 Å². The fourth-order valence-corrected chi connectivity index (χ4v) is 3.48. The fraction of sp³-hybridized carbons (Fsp3) is 0.625. The summed E-state index contributed by atoms with van der Waals surface area (Å²) >= 11 is 0.705. The summed E-state index contributed by atoms with van der Waals surface area (Å²) < 4.78 is 26.0. The van der Waals surface area contributed by atoms with Gasteiger partial charge in [-0.2, -0.15) is 0 Å². The van der Waals surface area contributed by atoms with Crippen LogP contribution in [0, 0.1) is 6.92 Å². The smallest absolute Gasteiger partial charge is 0.305 e. The summed E-state index contributed by atoms with van der Waals surface area (Å²) in [5.41, 5.74) is 0.382. The van der Waals surface area contributed by atoms with Gasteiger partial charge in [0.1, 0.15) is 0 Å². The zero-order chi connectivity index (χ0) is 12.3. The van der Waals surface area contributed by atoms with Crippen LogP contribution in [0.5, 0.6) is 0 Å². The van der Waals surface area contributed by atoms with Gasteiger partial charge in [-0.1, -0.05) is 11.3 Å². The maximum Gasteiger partial charge on any atom is 0.305 e. The molecule has 0 aliphatic heterocycles. The van der Waals surface area contributed by atoms with E-state index >= 15 is 0 Å². The molecule has 0 fully saturated rings. The molecule has 1 aromatic rings. The highest BCUT2D eigenvalue weighted by Crippen LogP contribution is 2.14. The molecular weight excluding hydrogens is 250 g/mol. The Hall–Kier alpha value is -0.700. The summed E-state index contributed by atoms with van der Waals surface area (Å²) in [6, 6.07) is 0. The van der Waals surface area contributed by atoms with Gasteiger partial charge in [-0.3, -0.25) is 4.79 Å². The van der Waals surface area contributed by atoms with Crippen molar-refractivity contribution < 1.29 is 8.42 Å². The number of H-pyrrole nitrogens is 1. The third kappa shape index (κ3) is 3.41. The van der Waals surface area contributed by atoms with Crippen LogP contribution in [0.25, 0.3) is 0 Å². The van der Waals surface area contributed by atoms with Crippen molar-refractivity contribution in [3.05, 3.63) is 15.4 Å². The molecule has 0 aliphatic carbocycles. The number of aromatic amines is 1. The molecule has 1 rings (SSSR count). The van der Waals surface area contributed by atoms with Gasteiger partial charge in [0.15, 0.2) is 4.21 Å². The van der Waals surface area contributed by atoms with E-state index in [0.717, 1.165) is 0 Å². The predicted molar refractivity (Wildman–Crippen MR) is 63.4 cm³/mol. The van der Waals surface area contributed by atoms with Crippen LogP contribution in [0.1, 0.15) is 5.69 Å². The quantitative estimate of drug-likeness (QED) is 0.758. The van der Waals surface area contributed by atoms with E-state index in [4.69, 9.17) is 0 Å². The fourth-order valence-electron chi connectivity index (χ4n) is 1.12. The number of thiazole rings is 1. The van der Waals surface area contributed by atoms with Gasteiger partial charge in [0, 0.05) is 18.8 Å². The number of nitrogens with one attached hydrogen (secondary N) is 2. The second-order valence-corrected chi connectivity index (χ2v) is 6.57. The number of aromatic nitrogens is 1. The molecular formula is C8H15N3O3S2. The minimum absolute atomic E-state index is 0.0660. The first-order chi connectivity index (χ1) is 7.33. The lowest BCUT2D eigenvalue weighted by atomic mass is 10.6. The van der Waals surface area contributed by atoms with Crippen molar-refractivity contribution in [1.82, 2.24) is 14.6 Å².